The van der Waals surface area contributed by atoms with E-state index in [0.717, 1.165) is 29.7 Å². The van der Waals surface area contributed by atoms with E-state index in [4.69, 9.17) is 4.74 Å². The number of halogens is 3. The van der Waals surface area contributed by atoms with Gasteiger partial charge in [-0.1, -0.05) is 13.3 Å². The molecule has 15 heteroatoms. The minimum absolute atomic E-state index is 0.0539. The van der Waals surface area contributed by atoms with Gasteiger partial charge >= 0.3 is 6.18 Å². The van der Waals surface area contributed by atoms with E-state index in [1.165, 1.54) is 55.2 Å². The predicted octanol–water partition coefficient (Wildman–Crippen LogP) is 6.55. The first kappa shape index (κ1) is 39.6. The van der Waals surface area contributed by atoms with Crippen LogP contribution in [-0.4, -0.2) is 95.6 Å². The summed E-state index contributed by atoms with van der Waals surface area (Å²) in [6.45, 7) is 7.77. The summed E-state index contributed by atoms with van der Waals surface area (Å²) in [5.41, 5.74) is 0.268. The summed E-state index contributed by atoms with van der Waals surface area (Å²) < 4.78 is 49.3. The summed E-state index contributed by atoms with van der Waals surface area (Å²) in [4.78, 5) is 55.7. The third-order valence-electron chi connectivity index (χ3n) is 12.9. The first-order chi connectivity index (χ1) is 27.7. The molecule has 2 aromatic heterocycles. The van der Waals surface area contributed by atoms with Crippen molar-refractivity contribution in [2.45, 2.75) is 71.0 Å². The fourth-order valence-corrected chi connectivity index (χ4v) is 9.89. The van der Waals surface area contributed by atoms with Crippen LogP contribution in [0.25, 0.3) is 16.7 Å². The monoisotopic (exact) mass is 800 g/mol. The number of likely N-dealkylation sites (tertiary alicyclic amines) is 1. The molecular weight excluding hydrogens is 750 g/mol. The summed E-state index contributed by atoms with van der Waals surface area (Å²) in [7, 11) is 3.41. The van der Waals surface area contributed by atoms with Crippen LogP contribution < -0.4 is 25.8 Å². The SMILES string of the molecule is CCC1CC2CCC(CC(=O)N3CCN(c4ccc(Nc5ncc6c(C)cc(=O)n(-c7ccc(C(F)(F)F)c(C(=O)NC8CN(C)C8)c7)c6n5)c(OC)c4)CC3)(C1)C2. The van der Waals surface area contributed by atoms with Gasteiger partial charge in [0, 0.05) is 75.1 Å². The van der Waals surface area contributed by atoms with Crippen LogP contribution in [0.1, 0.15) is 73.4 Å². The summed E-state index contributed by atoms with van der Waals surface area (Å²) in [6, 6.07) is 9.89. The van der Waals surface area contributed by atoms with Gasteiger partial charge in [0.2, 0.25) is 11.9 Å². The Hall–Kier alpha value is -5.18. The van der Waals surface area contributed by atoms with Gasteiger partial charge in [0.25, 0.3) is 11.5 Å². The Balaban J connectivity index is 1.00. The Morgan fingerprint density at radius 3 is 2.48 bits per heavy atom. The Kier molecular flexibility index (Phi) is 10.6. The standard InChI is InChI=1S/C43H51F3N8O4/c1-5-27-17-28-10-11-42(20-27,21-28)22-38(56)53-14-12-52(13-15-53)30-7-9-35(36(19-30)58-4)49-41-47-23-33-26(2)16-37(55)54(39(33)50-41)31-6-8-34(43(44,45)46)32(18-31)40(57)48-29-24-51(3)25-29/h6-9,16,18-19,23,27-29H,5,10-15,17,20-22,24-25H2,1-4H3,(H,48,57)(H,47,49,50). The molecule has 4 aliphatic rings. The third-order valence-corrected chi connectivity index (χ3v) is 12.9. The minimum atomic E-state index is -4.80. The highest BCUT2D eigenvalue weighted by molar-refractivity contribution is 5.97. The van der Waals surface area contributed by atoms with Crippen LogP contribution in [0.3, 0.4) is 0 Å². The maximum absolute atomic E-state index is 14.1. The zero-order valence-electron chi connectivity index (χ0n) is 33.5. The highest BCUT2D eigenvalue weighted by atomic mass is 19.4. The number of anilines is 3. The normalized spacial score (nSPS) is 22.5. The number of hydrogen-bond donors (Lipinski definition) is 2. The lowest BCUT2D eigenvalue weighted by Crippen LogP contribution is -2.57. The van der Waals surface area contributed by atoms with E-state index in [0.29, 0.717) is 68.1 Å². The number of aryl methyl sites for hydroxylation is 1. The second kappa shape index (κ2) is 15.5. The van der Waals surface area contributed by atoms with E-state index >= 15 is 0 Å². The topological polar surface area (TPSA) is 125 Å². The smallest absolute Gasteiger partial charge is 0.417 e. The Morgan fingerprint density at radius 2 is 1.78 bits per heavy atom. The number of carbonyl (C=O) groups excluding carboxylic acids is 2. The molecule has 2 bridgehead atoms. The number of nitrogens with one attached hydrogen (secondary N) is 2. The molecule has 2 saturated carbocycles. The third kappa shape index (κ3) is 7.84. The molecule has 308 valence electrons. The van der Waals surface area contributed by atoms with Crippen molar-refractivity contribution < 1.29 is 27.5 Å². The van der Waals surface area contributed by atoms with Gasteiger partial charge < -0.3 is 30.1 Å². The number of nitrogens with zero attached hydrogens (tertiary/aromatic N) is 6. The van der Waals surface area contributed by atoms with Gasteiger partial charge in [-0.15, -0.1) is 0 Å². The molecule has 12 nitrogen and oxygen atoms in total. The van der Waals surface area contributed by atoms with Crippen LogP contribution in [0.15, 0.2) is 53.5 Å². The van der Waals surface area contributed by atoms with Crippen molar-refractivity contribution >= 4 is 40.2 Å². The van der Waals surface area contributed by atoms with Crippen LogP contribution in [0.5, 0.6) is 5.75 Å². The number of hydrogen-bond acceptors (Lipinski definition) is 9. The van der Waals surface area contributed by atoms with Crippen molar-refractivity contribution in [3.05, 3.63) is 75.7 Å². The maximum Gasteiger partial charge on any atom is 0.417 e. The first-order valence-corrected chi connectivity index (χ1v) is 20.3. The number of methoxy groups -OCH3 is 1. The van der Waals surface area contributed by atoms with Gasteiger partial charge in [-0.25, -0.2) is 4.98 Å². The second-order valence-corrected chi connectivity index (χ2v) is 16.9. The quantitative estimate of drug-likeness (QED) is 0.184. The van der Waals surface area contributed by atoms with E-state index in [1.807, 2.05) is 35.0 Å². The fraction of sp³-hybridized carbons (Fsp3) is 0.512. The lowest BCUT2D eigenvalue weighted by atomic mass is 9.68. The largest absolute Gasteiger partial charge is 0.494 e. The number of likely N-dealkylation sites (N-methyl/N-ethyl adjacent to an activating group) is 1. The molecule has 3 atom stereocenters. The van der Waals surface area contributed by atoms with Crippen LogP contribution in [0.2, 0.25) is 0 Å². The summed E-state index contributed by atoms with van der Waals surface area (Å²) in [5, 5.41) is 6.37. The molecule has 2 saturated heterocycles. The zero-order chi connectivity index (χ0) is 40.9. The molecule has 2 aromatic carbocycles. The number of amides is 2. The van der Waals surface area contributed by atoms with Gasteiger partial charge in [0.1, 0.15) is 5.75 Å². The van der Waals surface area contributed by atoms with Gasteiger partial charge in [-0.05, 0) is 99.2 Å². The van der Waals surface area contributed by atoms with E-state index in [1.54, 1.807) is 20.2 Å². The van der Waals surface area contributed by atoms with E-state index in [9.17, 15) is 27.6 Å². The van der Waals surface area contributed by atoms with Crippen LogP contribution in [-0.2, 0) is 11.0 Å². The summed E-state index contributed by atoms with van der Waals surface area (Å²) in [5.74, 6) is 1.60. The summed E-state index contributed by atoms with van der Waals surface area (Å²) >= 11 is 0. The fourth-order valence-electron chi connectivity index (χ4n) is 9.89. The predicted molar refractivity (Wildman–Crippen MR) is 216 cm³/mol. The molecule has 2 amide bonds. The Morgan fingerprint density at radius 1 is 1.02 bits per heavy atom. The number of pyridine rings is 1. The van der Waals surface area contributed by atoms with Crippen molar-refractivity contribution in [2.24, 2.45) is 17.3 Å². The van der Waals surface area contributed by atoms with Crippen molar-refractivity contribution in [2.75, 3.05) is 63.6 Å². The molecule has 8 rings (SSSR count). The van der Waals surface area contributed by atoms with E-state index < -0.39 is 28.8 Å². The molecule has 4 aromatic rings. The number of aromatic nitrogens is 3. The van der Waals surface area contributed by atoms with Gasteiger partial charge in [-0.3, -0.25) is 19.0 Å². The second-order valence-electron chi connectivity index (χ2n) is 16.9. The van der Waals surface area contributed by atoms with Crippen molar-refractivity contribution in [3.8, 4) is 11.4 Å². The lowest BCUT2D eigenvalue weighted by Gasteiger charge is -2.41. The van der Waals surface area contributed by atoms with Crippen molar-refractivity contribution in [3.63, 3.8) is 0 Å². The summed E-state index contributed by atoms with van der Waals surface area (Å²) in [6.07, 6.45) is 4.79. The average Bonchev–Trinajstić information content (AvgIpc) is 3.49. The number of benzene rings is 2. The van der Waals surface area contributed by atoms with Crippen LogP contribution >= 0.6 is 0 Å². The Bertz CT molecular complexity index is 2280. The van der Waals surface area contributed by atoms with Crippen LogP contribution in [0.4, 0.5) is 30.5 Å². The molecular formula is C43H51F3N8O4. The molecule has 58 heavy (non-hydrogen) atoms. The average molecular weight is 801 g/mol. The van der Waals surface area contributed by atoms with Gasteiger partial charge in [0.05, 0.1) is 35.7 Å². The highest BCUT2D eigenvalue weighted by Crippen LogP contribution is 2.56. The highest BCUT2D eigenvalue weighted by Gasteiger charge is 2.46. The minimum Gasteiger partial charge on any atom is -0.494 e. The van der Waals surface area contributed by atoms with Crippen molar-refractivity contribution in [1.82, 2.24) is 29.7 Å². The number of ether oxygens (including phenoxy) is 1. The van der Waals surface area contributed by atoms with Crippen LogP contribution in [0, 0.1) is 24.2 Å². The number of alkyl halides is 3. The number of carbonyl (C=O) groups is 2. The molecule has 3 unspecified atom stereocenters. The van der Waals surface area contributed by atoms with Gasteiger partial charge in [0.15, 0.2) is 5.65 Å². The number of fused-ring (bicyclic) bond motifs is 3. The molecule has 4 fully saturated rings. The number of rotatable bonds is 10. The van der Waals surface area contributed by atoms with Crippen molar-refractivity contribution in [1.29, 1.82) is 0 Å². The zero-order valence-corrected chi connectivity index (χ0v) is 33.5. The van der Waals surface area contributed by atoms with Gasteiger partial charge in [-0.2, -0.15) is 18.2 Å². The molecule has 0 spiro atoms. The molecule has 2 aliphatic heterocycles. The lowest BCUT2D eigenvalue weighted by molar-refractivity contribution is -0.138. The first-order valence-electron chi connectivity index (χ1n) is 20.3. The molecule has 0 radical (unpaired) electrons. The Labute approximate surface area is 335 Å². The van der Waals surface area contributed by atoms with E-state index in [-0.39, 0.29) is 34.6 Å². The molecule has 2 N–H and O–H groups in total. The molecule has 2 aliphatic carbocycles. The number of piperazine rings is 1. The molecule has 4 heterocycles. The maximum atomic E-state index is 14.1. The van der Waals surface area contributed by atoms with E-state index in [2.05, 4.69) is 32.4 Å².